The van der Waals surface area contributed by atoms with Gasteiger partial charge in [0.05, 0.1) is 11.9 Å². The molecule has 5 nitrogen and oxygen atoms in total. The molecule has 6 heteroatoms. The summed E-state index contributed by atoms with van der Waals surface area (Å²) >= 11 is 5.95. The summed E-state index contributed by atoms with van der Waals surface area (Å²) < 4.78 is 1.32. The Morgan fingerprint density at radius 1 is 1.67 bits per heavy atom. The van der Waals surface area contributed by atoms with Crippen LogP contribution in [0.5, 0.6) is 0 Å². The average molecular weight is 231 g/mol. The van der Waals surface area contributed by atoms with Crippen LogP contribution in [-0.2, 0) is 6.54 Å². The third kappa shape index (κ3) is 2.49. The Labute approximate surface area is 93.4 Å². The molecule has 1 heterocycles. The fourth-order valence-electron chi connectivity index (χ4n) is 1.26. The second-order valence-corrected chi connectivity index (χ2v) is 3.55. The van der Waals surface area contributed by atoms with Gasteiger partial charge in [-0.25, -0.2) is 4.68 Å². The number of halogens is 1. The van der Waals surface area contributed by atoms with E-state index in [0.29, 0.717) is 25.3 Å². The Morgan fingerprint density at radius 3 is 2.87 bits per heavy atom. The van der Waals surface area contributed by atoms with Gasteiger partial charge in [0.1, 0.15) is 5.02 Å². The quantitative estimate of drug-likeness (QED) is 0.809. The Bertz CT molecular complexity index is 390. The fraction of sp³-hybridized carbons (Fsp3) is 0.556. The van der Waals surface area contributed by atoms with E-state index in [1.165, 1.54) is 4.68 Å². The van der Waals surface area contributed by atoms with Crippen LogP contribution in [0.15, 0.2) is 11.0 Å². The highest BCUT2D eigenvalue weighted by Crippen LogP contribution is 2.18. The summed E-state index contributed by atoms with van der Waals surface area (Å²) in [4.78, 5) is 13.5. The van der Waals surface area contributed by atoms with E-state index < -0.39 is 0 Å². The lowest BCUT2D eigenvalue weighted by Gasteiger charge is -2.19. The monoisotopic (exact) mass is 230 g/mol. The summed E-state index contributed by atoms with van der Waals surface area (Å²) in [6.45, 7) is 3.49. The Morgan fingerprint density at radius 2 is 2.33 bits per heavy atom. The van der Waals surface area contributed by atoms with Crippen LogP contribution in [0.1, 0.15) is 6.92 Å². The van der Waals surface area contributed by atoms with Gasteiger partial charge in [0, 0.05) is 26.7 Å². The molecular weight excluding hydrogens is 216 g/mol. The first-order chi connectivity index (χ1) is 7.11. The second-order valence-electron chi connectivity index (χ2n) is 3.17. The van der Waals surface area contributed by atoms with Crippen molar-refractivity contribution in [3.05, 3.63) is 21.6 Å². The Balaban J connectivity index is 3.12. The molecule has 0 bridgehead atoms. The van der Waals surface area contributed by atoms with Crippen molar-refractivity contribution < 1.29 is 0 Å². The van der Waals surface area contributed by atoms with E-state index in [9.17, 15) is 4.79 Å². The van der Waals surface area contributed by atoms with Gasteiger partial charge >= 0.3 is 0 Å². The SMILES string of the molecule is CCn1ncc(N(C)CCN)c(Cl)c1=O. The van der Waals surface area contributed by atoms with E-state index in [0.717, 1.165) is 0 Å². The lowest BCUT2D eigenvalue weighted by atomic mass is 10.4. The van der Waals surface area contributed by atoms with Crippen LogP contribution in [0.3, 0.4) is 0 Å². The number of nitrogens with two attached hydrogens (primary N) is 1. The minimum Gasteiger partial charge on any atom is -0.371 e. The van der Waals surface area contributed by atoms with E-state index in [1.54, 1.807) is 6.20 Å². The predicted molar refractivity (Wildman–Crippen MR) is 61.5 cm³/mol. The zero-order valence-corrected chi connectivity index (χ0v) is 9.66. The molecule has 1 aromatic rings. The lowest BCUT2D eigenvalue weighted by molar-refractivity contribution is 0.614. The van der Waals surface area contributed by atoms with E-state index in [1.807, 2.05) is 18.9 Å². The van der Waals surface area contributed by atoms with Gasteiger partial charge in [-0.05, 0) is 6.92 Å². The maximum absolute atomic E-state index is 11.6. The van der Waals surface area contributed by atoms with Crippen LogP contribution in [-0.4, -0.2) is 29.9 Å². The topological polar surface area (TPSA) is 64.2 Å². The van der Waals surface area contributed by atoms with Crippen LogP contribution in [0.2, 0.25) is 5.02 Å². The number of aryl methyl sites for hydroxylation is 1. The largest absolute Gasteiger partial charge is 0.371 e. The molecule has 0 saturated carbocycles. The highest BCUT2D eigenvalue weighted by molar-refractivity contribution is 6.33. The van der Waals surface area contributed by atoms with Crippen LogP contribution in [0, 0.1) is 0 Å². The summed E-state index contributed by atoms with van der Waals surface area (Å²) in [6.07, 6.45) is 1.59. The summed E-state index contributed by atoms with van der Waals surface area (Å²) in [5.74, 6) is 0. The molecular formula is C9H15ClN4O. The molecule has 0 atom stereocenters. The number of rotatable bonds is 4. The fourth-order valence-corrected chi connectivity index (χ4v) is 1.55. The zero-order valence-electron chi connectivity index (χ0n) is 8.90. The standard InChI is InChI=1S/C9H15ClN4O/c1-3-14-9(15)8(10)7(6-12-14)13(2)5-4-11/h6H,3-5,11H2,1-2H3. The third-order valence-corrected chi connectivity index (χ3v) is 2.50. The van der Waals surface area contributed by atoms with Crippen LogP contribution < -0.4 is 16.2 Å². The maximum Gasteiger partial charge on any atom is 0.287 e. The summed E-state index contributed by atoms with van der Waals surface area (Å²) in [5, 5.41) is 4.20. The van der Waals surface area contributed by atoms with Crippen LogP contribution >= 0.6 is 11.6 Å². The van der Waals surface area contributed by atoms with Crippen molar-refractivity contribution >= 4 is 17.3 Å². The number of nitrogens with zero attached hydrogens (tertiary/aromatic N) is 3. The van der Waals surface area contributed by atoms with Gasteiger partial charge in [0.15, 0.2) is 0 Å². The Kier molecular flexibility index (Phi) is 4.11. The number of hydrogen-bond donors (Lipinski definition) is 1. The van der Waals surface area contributed by atoms with E-state index >= 15 is 0 Å². The molecule has 0 aliphatic carbocycles. The van der Waals surface area contributed by atoms with Crippen LogP contribution in [0.4, 0.5) is 5.69 Å². The molecule has 0 aliphatic heterocycles. The van der Waals surface area contributed by atoms with Gasteiger partial charge in [-0.15, -0.1) is 0 Å². The molecule has 0 unspecified atom stereocenters. The van der Waals surface area contributed by atoms with Gasteiger partial charge < -0.3 is 10.6 Å². The van der Waals surface area contributed by atoms with Crippen molar-refractivity contribution in [3.63, 3.8) is 0 Å². The van der Waals surface area contributed by atoms with Crippen molar-refractivity contribution in [2.45, 2.75) is 13.5 Å². The Hall–Kier alpha value is -1.07. The number of hydrogen-bond acceptors (Lipinski definition) is 4. The maximum atomic E-state index is 11.6. The highest BCUT2D eigenvalue weighted by atomic mass is 35.5. The smallest absolute Gasteiger partial charge is 0.287 e. The lowest BCUT2D eigenvalue weighted by Crippen LogP contribution is -2.29. The molecule has 15 heavy (non-hydrogen) atoms. The van der Waals surface area contributed by atoms with E-state index in [-0.39, 0.29) is 10.6 Å². The average Bonchev–Trinajstić information content (AvgIpc) is 2.22. The molecule has 0 spiro atoms. The predicted octanol–water partition coefficient (Wildman–Crippen LogP) is 0.311. The van der Waals surface area contributed by atoms with Gasteiger partial charge in [0.2, 0.25) is 0 Å². The van der Waals surface area contributed by atoms with Gasteiger partial charge in [-0.3, -0.25) is 4.79 Å². The van der Waals surface area contributed by atoms with Crippen molar-refractivity contribution in [1.29, 1.82) is 0 Å². The molecule has 0 fully saturated rings. The van der Waals surface area contributed by atoms with Crippen molar-refractivity contribution in [3.8, 4) is 0 Å². The van der Waals surface area contributed by atoms with Crippen molar-refractivity contribution in [1.82, 2.24) is 9.78 Å². The van der Waals surface area contributed by atoms with Crippen LogP contribution in [0.25, 0.3) is 0 Å². The molecule has 0 saturated heterocycles. The number of aromatic nitrogens is 2. The molecule has 0 aliphatic rings. The first kappa shape index (κ1) is 12.0. The zero-order chi connectivity index (χ0) is 11.4. The molecule has 0 amide bonds. The number of likely N-dealkylation sites (N-methyl/N-ethyl adjacent to an activating group) is 1. The third-order valence-electron chi connectivity index (χ3n) is 2.14. The summed E-state index contributed by atoms with van der Waals surface area (Å²) in [7, 11) is 1.82. The summed E-state index contributed by atoms with van der Waals surface area (Å²) in [5.41, 5.74) is 5.78. The first-order valence-corrected chi connectivity index (χ1v) is 5.16. The number of anilines is 1. The normalized spacial score (nSPS) is 10.4. The second kappa shape index (κ2) is 5.14. The molecule has 0 aromatic carbocycles. The first-order valence-electron chi connectivity index (χ1n) is 4.78. The van der Waals surface area contributed by atoms with Crippen molar-refractivity contribution in [2.75, 3.05) is 25.0 Å². The molecule has 1 rings (SSSR count). The summed E-state index contributed by atoms with van der Waals surface area (Å²) in [6, 6.07) is 0. The van der Waals surface area contributed by atoms with E-state index in [2.05, 4.69) is 5.10 Å². The van der Waals surface area contributed by atoms with Gasteiger partial charge in [-0.2, -0.15) is 5.10 Å². The molecule has 0 radical (unpaired) electrons. The molecule has 84 valence electrons. The van der Waals surface area contributed by atoms with Gasteiger partial charge in [0.25, 0.3) is 5.56 Å². The molecule has 2 N–H and O–H groups in total. The minimum absolute atomic E-state index is 0.197. The molecule has 1 aromatic heterocycles. The highest BCUT2D eigenvalue weighted by Gasteiger charge is 2.11. The van der Waals surface area contributed by atoms with E-state index in [4.69, 9.17) is 17.3 Å². The van der Waals surface area contributed by atoms with Crippen molar-refractivity contribution in [2.24, 2.45) is 5.73 Å². The van der Waals surface area contributed by atoms with Gasteiger partial charge in [-0.1, -0.05) is 11.6 Å². The minimum atomic E-state index is -0.263.